The molecule has 0 fully saturated rings. The standard InChI is InChI=1S/C15H13BrClNO/c1-10(16)13-7-2-3-8-14(13)18-15(19)11-5-4-6-12(17)9-11/h2-10H,1H3,(H,18,19). The van der Waals surface area contributed by atoms with Gasteiger partial charge in [0.05, 0.1) is 0 Å². The SMILES string of the molecule is CC(Br)c1ccccc1NC(=O)c1cccc(Cl)c1. The number of benzene rings is 2. The second-order valence-corrected chi connectivity index (χ2v) is 5.98. The summed E-state index contributed by atoms with van der Waals surface area (Å²) in [5.74, 6) is -0.164. The van der Waals surface area contributed by atoms with Gasteiger partial charge in [-0.2, -0.15) is 0 Å². The lowest BCUT2D eigenvalue weighted by atomic mass is 10.1. The molecule has 0 aliphatic carbocycles. The third-order valence-corrected chi connectivity index (χ3v) is 3.45. The highest BCUT2D eigenvalue weighted by Gasteiger charge is 2.11. The van der Waals surface area contributed by atoms with Crippen molar-refractivity contribution in [2.24, 2.45) is 0 Å². The smallest absolute Gasteiger partial charge is 0.255 e. The summed E-state index contributed by atoms with van der Waals surface area (Å²) < 4.78 is 0. The van der Waals surface area contributed by atoms with E-state index < -0.39 is 0 Å². The topological polar surface area (TPSA) is 29.1 Å². The Bertz CT molecular complexity index is 598. The number of alkyl halides is 1. The van der Waals surface area contributed by atoms with E-state index in [0.717, 1.165) is 11.3 Å². The van der Waals surface area contributed by atoms with Gasteiger partial charge in [0.1, 0.15) is 0 Å². The molecule has 0 spiro atoms. The zero-order chi connectivity index (χ0) is 13.8. The summed E-state index contributed by atoms with van der Waals surface area (Å²) in [5, 5.41) is 3.46. The number of rotatable bonds is 3. The van der Waals surface area contributed by atoms with Crippen LogP contribution in [0.5, 0.6) is 0 Å². The Balaban J connectivity index is 2.24. The van der Waals surface area contributed by atoms with Gasteiger partial charge in [0.25, 0.3) is 5.91 Å². The van der Waals surface area contributed by atoms with E-state index in [-0.39, 0.29) is 10.7 Å². The summed E-state index contributed by atoms with van der Waals surface area (Å²) in [4.78, 5) is 12.3. The highest BCUT2D eigenvalue weighted by Crippen LogP contribution is 2.29. The normalized spacial score (nSPS) is 11.9. The number of halogens is 2. The number of amides is 1. The van der Waals surface area contributed by atoms with Crippen LogP contribution < -0.4 is 5.32 Å². The molecule has 1 unspecified atom stereocenters. The highest BCUT2D eigenvalue weighted by molar-refractivity contribution is 9.09. The average molecular weight is 339 g/mol. The Morgan fingerprint density at radius 1 is 1.21 bits per heavy atom. The van der Waals surface area contributed by atoms with Crippen molar-refractivity contribution >= 4 is 39.1 Å². The fourth-order valence-corrected chi connectivity index (χ4v) is 2.37. The van der Waals surface area contributed by atoms with E-state index in [4.69, 9.17) is 11.6 Å². The number of nitrogens with one attached hydrogen (secondary N) is 1. The van der Waals surface area contributed by atoms with Gasteiger partial charge in [-0.1, -0.05) is 51.8 Å². The fraction of sp³-hybridized carbons (Fsp3) is 0.133. The van der Waals surface area contributed by atoms with Crippen LogP contribution >= 0.6 is 27.5 Å². The van der Waals surface area contributed by atoms with Crippen LogP contribution in [-0.4, -0.2) is 5.91 Å². The van der Waals surface area contributed by atoms with Crippen LogP contribution in [0.2, 0.25) is 5.02 Å². The average Bonchev–Trinajstić information content (AvgIpc) is 2.39. The first-order valence-electron chi connectivity index (χ1n) is 5.88. The summed E-state index contributed by atoms with van der Waals surface area (Å²) in [6.45, 7) is 2.02. The van der Waals surface area contributed by atoms with Crippen molar-refractivity contribution in [1.82, 2.24) is 0 Å². The van der Waals surface area contributed by atoms with Gasteiger partial charge in [0.2, 0.25) is 0 Å². The summed E-state index contributed by atoms with van der Waals surface area (Å²) in [6, 6.07) is 14.6. The summed E-state index contributed by atoms with van der Waals surface area (Å²) in [5.41, 5.74) is 2.39. The molecule has 0 radical (unpaired) electrons. The molecule has 0 saturated heterocycles. The monoisotopic (exact) mass is 337 g/mol. The zero-order valence-corrected chi connectivity index (χ0v) is 12.7. The lowest BCUT2D eigenvalue weighted by Crippen LogP contribution is -2.13. The largest absolute Gasteiger partial charge is 0.322 e. The number of hydrogen-bond donors (Lipinski definition) is 1. The maximum Gasteiger partial charge on any atom is 0.255 e. The predicted octanol–water partition coefficient (Wildman–Crippen LogP) is 5.05. The molecule has 0 aliphatic heterocycles. The molecule has 0 saturated carbocycles. The molecule has 1 atom stereocenters. The molecule has 98 valence electrons. The van der Waals surface area contributed by atoms with Crippen LogP contribution in [-0.2, 0) is 0 Å². The van der Waals surface area contributed by atoms with E-state index in [1.807, 2.05) is 31.2 Å². The summed E-state index contributed by atoms with van der Waals surface area (Å²) in [7, 11) is 0. The van der Waals surface area contributed by atoms with Crippen LogP contribution in [0.1, 0.15) is 27.7 Å². The van der Waals surface area contributed by atoms with Crippen LogP contribution in [0.4, 0.5) is 5.69 Å². The van der Waals surface area contributed by atoms with Crippen molar-refractivity contribution in [2.75, 3.05) is 5.32 Å². The first-order valence-corrected chi connectivity index (χ1v) is 7.17. The van der Waals surface area contributed by atoms with Gasteiger partial charge in [0.15, 0.2) is 0 Å². The van der Waals surface area contributed by atoms with E-state index >= 15 is 0 Å². The van der Waals surface area contributed by atoms with E-state index in [1.54, 1.807) is 24.3 Å². The molecule has 0 bridgehead atoms. The van der Waals surface area contributed by atoms with Gasteiger partial charge in [-0.3, -0.25) is 4.79 Å². The highest BCUT2D eigenvalue weighted by atomic mass is 79.9. The van der Waals surface area contributed by atoms with Crippen LogP contribution in [0.25, 0.3) is 0 Å². The Labute approximate surface area is 125 Å². The van der Waals surface area contributed by atoms with Crippen LogP contribution in [0, 0.1) is 0 Å². The molecule has 1 amide bonds. The Morgan fingerprint density at radius 3 is 2.63 bits per heavy atom. The quantitative estimate of drug-likeness (QED) is 0.780. The number of carbonyl (C=O) groups is 1. The maximum absolute atomic E-state index is 12.2. The third kappa shape index (κ3) is 3.58. The molecule has 2 aromatic rings. The van der Waals surface area contributed by atoms with Gasteiger partial charge in [-0.05, 0) is 36.8 Å². The van der Waals surface area contributed by atoms with Gasteiger partial charge in [-0.25, -0.2) is 0 Å². The first kappa shape index (κ1) is 14.1. The minimum Gasteiger partial charge on any atom is -0.322 e. The van der Waals surface area contributed by atoms with Crippen molar-refractivity contribution in [2.45, 2.75) is 11.8 Å². The van der Waals surface area contributed by atoms with Gasteiger partial charge < -0.3 is 5.32 Å². The van der Waals surface area contributed by atoms with Gasteiger partial charge in [0, 0.05) is 21.1 Å². The second-order valence-electron chi connectivity index (χ2n) is 4.17. The van der Waals surface area contributed by atoms with Crippen LogP contribution in [0.3, 0.4) is 0 Å². The van der Waals surface area contributed by atoms with Crippen molar-refractivity contribution in [3.8, 4) is 0 Å². The predicted molar refractivity (Wildman–Crippen MR) is 83.2 cm³/mol. The lowest BCUT2D eigenvalue weighted by Gasteiger charge is -2.12. The number of hydrogen-bond acceptors (Lipinski definition) is 1. The zero-order valence-electron chi connectivity index (χ0n) is 10.4. The molecule has 2 aromatic carbocycles. The number of carbonyl (C=O) groups excluding carboxylic acids is 1. The molecule has 0 aliphatic rings. The van der Waals surface area contributed by atoms with E-state index in [0.29, 0.717) is 10.6 Å². The van der Waals surface area contributed by atoms with Gasteiger partial charge in [-0.15, -0.1) is 0 Å². The molecular weight excluding hydrogens is 326 g/mol. The third-order valence-electron chi connectivity index (χ3n) is 2.72. The van der Waals surface area contributed by atoms with E-state index in [9.17, 15) is 4.79 Å². The van der Waals surface area contributed by atoms with Crippen molar-refractivity contribution < 1.29 is 4.79 Å². The number of anilines is 1. The van der Waals surface area contributed by atoms with Crippen molar-refractivity contribution in [3.63, 3.8) is 0 Å². The molecule has 19 heavy (non-hydrogen) atoms. The van der Waals surface area contributed by atoms with Gasteiger partial charge >= 0.3 is 0 Å². The number of para-hydroxylation sites is 1. The fourth-order valence-electron chi connectivity index (χ4n) is 1.78. The molecule has 0 aromatic heterocycles. The Hall–Kier alpha value is -1.32. The molecule has 0 heterocycles. The summed E-state index contributed by atoms with van der Waals surface area (Å²) in [6.07, 6.45) is 0. The van der Waals surface area contributed by atoms with E-state index in [2.05, 4.69) is 21.2 Å². The minimum atomic E-state index is -0.164. The maximum atomic E-state index is 12.2. The van der Waals surface area contributed by atoms with Crippen molar-refractivity contribution in [3.05, 3.63) is 64.7 Å². The molecule has 2 rings (SSSR count). The van der Waals surface area contributed by atoms with Crippen LogP contribution in [0.15, 0.2) is 48.5 Å². The second kappa shape index (κ2) is 6.22. The minimum absolute atomic E-state index is 0.164. The lowest BCUT2D eigenvalue weighted by molar-refractivity contribution is 0.102. The molecular formula is C15H13BrClNO. The Kier molecular flexibility index (Phi) is 4.61. The Morgan fingerprint density at radius 2 is 1.95 bits per heavy atom. The summed E-state index contributed by atoms with van der Waals surface area (Å²) >= 11 is 9.40. The molecule has 1 N–H and O–H groups in total. The van der Waals surface area contributed by atoms with Crippen molar-refractivity contribution in [1.29, 1.82) is 0 Å². The molecule has 2 nitrogen and oxygen atoms in total. The first-order chi connectivity index (χ1) is 9.08. The van der Waals surface area contributed by atoms with E-state index in [1.165, 1.54) is 0 Å². The molecule has 4 heteroatoms.